The summed E-state index contributed by atoms with van der Waals surface area (Å²) in [5.74, 6) is -0.124. The quantitative estimate of drug-likeness (QED) is 0.421. The lowest BCUT2D eigenvalue weighted by molar-refractivity contribution is -0.140. The molecular weight excluding hydrogens is 528 g/mol. The highest BCUT2D eigenvalue weighted by molar-refractivity contribution is 7.88. The van der Waals surface area contributed by atoms with Crippen LogP contribution in [0.3, 0.4) is 0 Å². The van der Waals surface area contributed by atoms with E-state index in [1.165, 1.54) is 6.42 Å². The Morgan fingerprint density at radius 2 is 1.82 bits per heavy atom. The van der Waals surface area contributed by atoms with Crippen molar-refractivity contribution in [1.29, 1.82) is 0 Å². The molecule has 2 aromatic rings. The second-order valence-electron chi connectivity index (χ2n) is 11.5. The number of carbonyl (C=O) groups is 2. The van der Waals surface area contributed by atoms with Crippen LogP contribution in [-0.4, -0.2) is 59.8 Å². The summed E-state index contributed by atoms with van der Waals surface area (Å²) >= 11 is 0. The zero-order valence-electron chi connectivity index (χ0n) is 22.9. The smallest absolute Gasteiger partial charge is 0.243 e. The molecule has 0 radical (unpaired) electrons. The van der Waals surface area contributed by atoms with Gasteiger partial charge in [-0.25, -0.2) is 23.1 Å². The summed E-state index contributed by atoms with van der Waals surface area (Å²) in [7, 11) is -3.77. The van der Waals surface area contributed by atoms with Crippen LogP contribution in [0.5, 0.6) is 0 Å². The third-order valence-electron chi connectivity index (χ3n) is 8.47. The Bertz CT molecular complexity index is 1300. The maximum atomic E-state index is 13.9. The summed E-state index contributed by atoms with van der Waals surface area (Å²) in [6.07, 6.45) is 10.9. The lowest BCUT2D eigenvalue weighted by Gasteiger charge is -2.32. The van der Waals surface area contributed by atoms with Crippen molar-refractivity contribution in [2.24, 2.45) is 5.92 Å². The third-order valence-corrected chi connectivity index (χ3v) is 9.82. The number of amides is 2. The zero-order valence-corrected chi connectivity index (χ0v) is 23.7. The second kappa shape index (κ2) is 12.6. The highest BCUT2D eigenvalue weighted by Gasteiger charge is 2.40. The fourth-order valence-corrected chi connectivity index (χ4v) is 7.80. The summed E-state index contributed by atoms with van der Waals surface area (Å²) in [6, 6.07) is 7.41. The summed E-state index contributed by atoms with van der Waals surface area (Å²) in [6.45, 7) is 0.444. The van der Waals surface area contributed by atoms with Crippen molar-refractivity contribution >= 4 is 27.8 Å². The molecule has 1 aliphatic heterocycles. The Hall–Kier alpha value is -3.05. The van der Waals surface area contributed by atoms with Gasteiger partial charge in [0.15, 0.2) is 0 Å². The third kappa shape index (κ3) is 7.17. The summed E-state index contributed by atoms with van der Waals surface area (Å²) in [4.78, 5) is 37.4. The van der Waals surface area contributed by atoms with Gasteiger partial charge in [-0.1, -0.05) is 62.4 Å². The van der Waals surface area contributed by atoms with Crippen molar-refractivity contribution in [2.45, 2.75) is 94.5 Å². The normalized spacial score (nSPS) is 22.4. The van der Waals surface area contributed by atoms with Gasteiger partial charge in [0, 0.05) is 24.5 Å². The molecule has 1 saturated heterocycles. The molecule has 0 bridgehead atoms. The molecule has 3 unspecified atom stereocenters. The maximum absolute atomic E-state index is 13.9. The topological polar surface area (TPSA) is 147 Å². The van der Waals surface area contributed by atoms with Gasteiger partial charge in [0.05, 0.1) is 5.75 Å². The Morgan fingerprint density at radius 1 is 1.05 bits per heavy atom. The SMILES string of the molecule is Nc1ncc2c(n1)CCC(NC(=O)C1CCCN1C(=O)C(CC1CCCCC1)NS(=O)(=O)Cc1ccccc1)C2. The minimum atomic E-state index is -3.77. The molecule has 40 heavy (non-hydrogen) atoms. The number of hydrogen-bond donors (Lipinski definition) is 3. The van der Waals surface area contributed by atoms with Crippen LogP contribution in [0, 0.1) is 5.92 Å². The second-order valence-corrected chi connectivity index (χ2v) is 13.2. The summed E-state index contributed by atoms with van der Waals surface area (Å²) in [5.41, 5.74) is 8.28. The van der Waals surface area contributed by atoms with Crippen molar-refractivity contribution in [3.8, 4) is 0 Å². The van der Waals surface area contributed by atoms with Gasteiger partial charge in [0.1, 0.15) is 12.1 Å². The number of rotatable bonds is 9. The fourth-order valence-electron chi connectivity index (χ4n) is 6.45. The molecule has 2 fully saturated rings. The number of aryl methyl sites for hydroxylation is 1. The van der Waals surface area contributed by atoms with Crippen LogP contribution < -0.4 is 15.8 Å². The molecule has 3 atom stereocenters. The van der Waals surface area contributed by atoms with Crippen LogP contribution >= 0.6 is 0 Å². The van der Waals surface area contributed by atoms with Gasteiger partial charge in [-0.3, -0.25) is 9.59 Å². The molecule has 1 aromatic heterocycles. The minimum Gasteiger partial charge on any atom is -0.368 e. The first kappa shape index (κ1) is 28.5. The Kier molecular flexibility index (Phi) is 9.00. The molecule has 1 aromatic carbocycles. The molecule has 3 aliphatic rings. The molecule has 10 nitrogen and oxygen atoms in total. The lowest BCUT2D eigenvalue weighted by atomic mass is 9.84. The molecule has 2 heterocycles. The number of nitrogens with two attached hydrogens (primary N) is 1. The summed E-state index contributed by atoms with van der Waals surface area (Å²) in [5, 5.41) is 3.14. The summed E-state index contributed by atoms with van der Waals surface area (Å²) < 4.78 is 29.1. The van der Waals surface area contributed by atoms with E-state index >= 15 is 0 Å². The molecular formula is C29H40N6O4S. The number of nitrogen functional groups attached to an aromatic ring is 1. The van der Waals surface area contributed by atoms with Crippen molar-refractivity contribution < 1.29 is 18.0 Å². The van der Waals surface area contributed by atoms with Crippen LogP contribution in [0.1, 0.15) is 74.6 Å². The Labute approximate surface area is 236 Å². The van der Waals surface area contributed by atoms with Gasteiger partial charge in [0.25, 0.3) is 0 Å². The van der Waals surface area contributed by atoms with E-state index < -0.39 is 22.1 Å². The first-order valence-electron chi connectivity index (χ1n) is 14.5. The average molecular weight is 569 g/mol. The van der Waals surface area contributed by atoms with Crippen molar-refractivity contribution in [3.63, 3.8) is 0 Å². The molecule has 2 aliphatic carbocycles. The van der Waals surface area contributed by atoms with Gasteiger partial charge >= 0.3 is 0 Å². The van der Waals surface area contributed by atoms with Crippen molar-refractivity contribution in [1.82, 2.24) is 24.9 Å². The average Bonchev–Trinajstić information content (AvgIpc) is 3.43. The number of nitrogens with zero attached hydrogens (tertiary/aromatic N) is 3. The number of fused-ring (bicyclic) bond motifs is 1. The van der Waals surface area contributed by atoms with Crippen LogP contribution in [-0.2, 0) is 38.2 Å². The van der Waals surface area contributed by atoms with Gasteiger partial charge in [0.2, 0.25) is 27.8 Å². The first-order valence-corrected chi connectivity index (χ1v) is 16.2. The Balaban J connectivity index is 1.27. The molecule has 216 valence electrons. The highest BCUT2D eigenvalue weighted by Crippen LogP contribution is 2.29. The van der Waals surface area contributed by atoms with Crippen LogP contribution in [0.4, 0.5) is 5.95 Å². The fraction of sp³-hybridized carbons (Fsp3) is 0.586. The van der Waals surface area contributed by atoms with E-state index in [1.54, 1.807) is 35.4 Å². The number of sulfonamides is 1. The number of aromatic nitrogens is 2. The number of hydrogen-bond acceptors (Lipinski definition) is 7. The number of likely N-dealkylation sites (tertiary alicyclic amines) is 1. The van der Waals surface area contributed by atoms with Crippen LogP contribution in [0.25, 0.3) is 0 Å². The molecule has 4 N–H and O–H groups in total. The first-order chi connectivity index (χ1) is 19.3. The molecule has 2 amide bonds. The predicted molar refractivity (Wildman–Crippen MR) is 152 cm³/mol. The zero-order chi connectivity index (χ0) is 28.1. The Morgan fingerprint density at radius 3 is 2.60 bits per heavy atom. The number of carbonyl (C=O) groups excluding carboxylic acids is 2. The van der Waals surface area contributed by atoms with E-state index in [0.29, 0.717) is 44.2 Å². The van der Waals surface area contributed by atoms with Gasteiger partial charge in [-0.15, -0.1) is 0 Å². The van der Waals surface area contributed by atoms with Gasteiger partial charge in [-0.05, 0) is 55.6 Å². The standard InChI is InChI=1S/C29H40N6O4S/c30-29-31-18-22-17-23(13-14-24(22)33-29)32-27(36)26-12-7-15-35(26)28(37)25(16-20-8-3-1-4-9-20)34-40(38,39)19-21-10-5-2-6-11-21/h2,5-6,10-11,18,20,23,25-26,34H,1,3-4,7-9,12-17,19H2,(H,32,36)(H2,30,31,33). The van der Waals surface area contributed by atoms with E-state index in [0.717, 1.165) is 43.4 Å². The molecule has 1 saturated carbocycles. The van der Waals surface area contributed by atoms with E-state index in [2.05, 4.69) is 20.0 Å². The monoisotopic (exact) mass is 568 g/mol. The van der Waals surface area contributed by atoms with Crippen LogP contribution in [0.2, 0.25) is 0 Å². The maximum Gasteiger partial charge on any atom is 0.243 e. The molecule has 11 heteroatoms. The van der Waals surface area contributed by atoms with Gasteiger partial charge in [-0.2, -0.15) is 0 Å². The van der Waals surface area contributed by atoms with Crippen LogP contribution in [0.15, 0.2) is 36.5 Å². The van der Waals surface area contributed by atoms with E-state index in [-0.39, 0.29) is 35.5 Å². The van der Waals surface area contributed by atoms with Crippen molar-refractivity contribution in [3.05, 3.63) is 53.3 Å². The number of nitrogens with one attached hydrogen (secondary N) is 2. The highest BCUT2D eigenvalue weighted by atomic mass is 32.2. The largest absolute Gasteiger partial charge is 0.368 e. The molecule has 0 spiro atoms. The number of benzene rings is 1. The number of anilines is 1. The van der Waals surface area contributed by atoms with Gasteiger partial charge < -0.3 is 16.0 Å². The van der Waals surface area contributed by atoms with E-state index in [1.807, 2.05) is 6.07 Å². The van der Waals surface area contributed by atoms with E-state index in [9.17, 15) is 18.0 Å². The van der Waals surface area contributed by atoms with Crippen molar-refractivity contribution in [2.75, 3.05) is 12.3 Å². The lowest BCUT2D eigenvalue weighted by Crippen LogP contribution is -2.55. The minimum absolute atomic E-state index is 0.0767. The predicted octanol–water partition coefficient (Wildman–Crippen LogP) is 2.48. The van der Waals surface area contributed by atoms with E-state index in [4.69, 9.17) is 5.73 Å². The molecule has 5 rings (SSSR count).